The van der Waals surface area contributed by atoms with Gasteiger partial charge in [0.2, 0.25) is 0 Å². The second kappa shape index (κ2) is 26.1. The average molecular weight is 479 g/mol. The molecule has 0 saturated heterocycles. The van der Waals surface area contributed by atoms with Crippen molar-refractivity contribution in [3.05, 3.63) is 0 Å². The number of unbranched alkanes of at least 4 members (excludes halogenated alkanes) is 15. The fourth-order valence-corrected chi connectivity index (χ4v) is 5.62. The molecule has 0 bridgehead atoms. The lowest BCUT2D eigenvalue weighted by Crippen LogP contribution is -2.10. The molecule has 0 aliphatic rings. The van der Waals surface area contributed by atoms with E-state index in [2.05, 4.69) is 41.5 Å². The molecular formula is C34H70. The van der Waals surface area contributed by atoms with Crippen LogP contribution < -0.4 is 0 Å². The average Bonchev–Trinajstić information content (AvgIpc) is 2.83. The summed E-state index contributed by atoms with van der Waals surface area (Å²) >= 11 is 0. The van der Waals surface area contributed by atoms with Crippen LogP contribution in [0, 0.1) is 23.7 Å². The summed E-state index contributed by atoms with van der Waals surface area (Å²) in [5.74, 6) is 3.70. The minimum Gasteiger partial charge on any atom is -0.0654 e. The fourth-order valence-electron chi connectivity index (χ4n) is 5.62. The van der Waals surface area contributed by atoms with E-state index in [1.807, 2.05) is 0 Å². The molecule has 0 nitrogen and oxygen atoms in total. The van der Waals surface area contributed by atoms with Crippen LogP contribution in [-0.4, -0.2) is 0 Å². The molecule has 4 atom stereocenters. The Labute approximate surface area is 219 Å². The monoisotopic (exact) mass is 479 g/mol. The van der Waals surface area contributed by atoms with Gasteiger partial charge < -0.3 is 0 Å². The molecule has 0 amide bonds. The summed E-state index contributed by atoms with van der Waals surface area (Å²) in [6, 6.07) is 0. The molecule has 0 aromatic carbocycles. The van der Waals surface area contributed by atoms with E-state index >= 15 is 0 Å². The van der Waals surface area contributed by atoms with Gasteiger partial charge in [-0.15, -0.1) is 0 Å². The van der Waals surface area contributed by atoms with Crippen molar-refractivity contribution in [3.8, 4) is 0 Å². The van der Waals surface area contributed by atoms with E-state index in [4.69, 9.17) is 0 Å². The van der Waals surface area contributed by atoms with Crippen molar-refractivity contribution in [2.24, 2.45) is 23.7 Å². The van der Waals surface area contributed by atoms with Gasteiger partial charge in [0.05, 0.1) is 0 Å². The van der Waals surface area contributed by atoms with Crippen LogP contribution in [0.2, 0.25) is 0 Å². The molecular weight excluding hydrogens is 408 g/mol. The van der Waals surface area contributed by atoms with Gasteiger partial charge in [0.1, 0.15) is 0 Å². The summed E-state index contributed by atoms with van der Waals surface area (Å²) < 4.78 is 0. The number of hydrogen-bond acceptors (Lipinski definition) is 0. The predicted molar refractivity (Wildman–Crippen MR) is 159 cm³/mol. The summed E-state index contributed by atoms with van der Waals surface area (Å²) in [5, 5.41) is 0. The molecule has 0 aliphatic heterocycles. The zero-order valence-corrected chi connectivity index (χ0v) is 25.3. The maximum absolute atomic E-state index is 2.53. The van der Waals surface area contributed by atoms with E-state index < -0.39 is 0 Å². The van der Waals surface area contributed by atoms with E-state index in [0.717, 1.165) is 23.7 Å². The summed E-state index contributed by atoms with van der Waals surface area (Å²) in [4.78, 5) is 0. The van der Waals surface area contributed by atoms with Gasteiger partial charge in [-0.3, -0.25) is 0 Å². The molecule has 0 radical (unpaired) electrons. The topological polar surface area (TPSA) is 0 Å². The van der Waals surface area contributed by atoms with Crippen LogP contribution in [-0.2, 0) is 0 Å². The molecule has 34 heavy (non-hydrogen) atoms. The maximum atomic E-state index is 2.53. The van der Waals surface area contributed by atoms with Gasteiger partial charge in [0.15, 0.2) is 0 Å². The van der Waals surface area contributed by atoms with Gasteiger partial charge in [-0.2, -0.15) is 0 Å². The van der Waals surface area contributed by atoms with Gasteiger partial charge >= 0.3 is 0 Å². The van der Waals surface area contributed by atoms with Crippen LogP contribution in [0.5, 0.6) is 0 Å². The first-order valence-corrected chi connectivity index (χ1v) is 16.5. The van der Waals surface area contributed by atoms with Gasteiger partial charge in [-0.05, 0) is 23.7 Å². The lowest BCUT2D eigenvalue weighted by molar-refractivity contribution is 0.295. The van der Waals surface area contributed by atoms with E-state index in [0.29, 0.717) is 0 Å². The second-order valence-corrected chi connectivity index (χ2v) is 12.6. The number of rotatable bonds is 27. The van der Waals surface area contributed by atoms with Gasteiger partial charge in [-0.25, -0.2) is 0 Å². The third-order valence-corrected chi connectivity index (χ3v) is 8.79. The van der Waals surface area contributed by atoms with Crippen LogP contribution in [0.4, 0.5) is 0 Å². The standard InChI is InChI=1S/C34H70/c1-7-9-11-13-15-16-17-18-19-21-23-26-32(4)29-30-34(6)33(5)28-24-27-31(3)25-22-20-14-12-10-8-2/h31-34H,7-30H2,1-6H3. The summed E-state index contributed by atoms with van der Waals surface area (Å²) in [5.41, 5.74) is 0. The zero-order valence-electron chi connectivity index (χ0n) is 25.3. The Morgan fingerprint density at radius 2 is 0.618 bits per heavy atom. The lowest BCUT2D eigenvalue weighted by atomic mass is 9.84. The van der Waals surface area contributed by atoms with Crippen LogP contribution >= 0.6 is 0 Å². The Morgan fingerprint density at radius 3 is 1.06 bits per heavy atom. The van der Waals surface area contributed by atoms with E-state index in [1.54, 1.807) is 0 Å². The normalized spacial score (nSPS) is 15.4. The van der Waals surface area contributed by atoms with Crippen molar-refractivity contribution >= 4 is 0 Å². The Balaban J connectivity index is 3.55. The molecule has 0 aliphatic carbocycles. The summed E-state index contributed by atoms with van der Waals surface area (Å²) in [6.45, 7) is 14.7. The van der Waals surface area contributed by atoms with Crippen molar-refractivity contribution in [1.29, 1.82) is 0 Å². The SMILES string of the molecule is CCCCCCCCCCCCCC(C)CCC(C)C(C)CCCC(C)CCCCCCCC. The molecule has 0 N–H and O–H groups in total. The van der Waals surface area contributed by atoms with Crippen LogP contribution in [0.1, 0.15) is 196 Å². The molecule has 0 spiro atoms. The van der Waals surface area contributed by atoms with Crippen molar-refractivity contribution in [3.63, 3.8) is 0 Å². The third kappa shape index (κ3) is 23.7. The second-order valence-electron chi connectivity index (χ2n) is 12.6. The predicted octanol–water partition coefficient (Wildman–Crippen LogP) is 12.9. The lowest BCUT2D eigenvalue weighted by Gasteiger charge is -2.22. The smallest absolute Gasteiger partial charge is 0.0417 e. The molecule has 0 aromatic rings. The molecule has 0 saturated carbocycles. The van der Waals surface area contributed by atoms with Crippen molar-refractivity contribution in [2.75, 3.05) is 0 Å². The highest BCUT2D eigenvalue weighted by molar-refractivity contribution is 4.66. The first-order chi connectivity index (χ1) is 16.5. The molecule has 0 heteroatoms. The molecule has 0 fully saturated rings. The summed E-state index contributed by atoms with van der Waals surface area (Å²) in [6.07, 6.45) is 35.0. The van der Waals surface area contributed by atoms with E-state index in [1.165, 1.54) is 154 Å². The Morgan fingerprint density at radius 1 is 0.294 bits per heavy atom. The summed E-state index contributed by atoms with van der Waals surface area (Å²) in [7, 11) is 0. The largest absolute Gasteiger partial charge is 0.0654 e. The van der Waals surface area contributed by atoms with E-state index in [9.17, 15) is 0 Å². The fraction of sp³-hybridized carbons (Fsp3) is 1.00. The highest BCUT2D eigenvalue weighted by Crippen LogP contribution is 2.27. The molecule has 0 aromatic heterocycles. The van der Waals surface area contributed by atoms with Gasteiger partial charge in [0.25, 0.3) is 0 Å². The maximum Gasteiger partial charge on any atom is -0.0417 e. The molecule has 206 valence electrons. The van der Waals surface area contributed by atoms with E-state index in [-0.39, 0.29) is 0 Å². The first kappa shape index (κ1) is 34.0. The minimum atomic E-state index is 0.911. The third-order valence-electron chi connectivity index (χ3n) is 8.79. The van der Waals surface area contributed by atoms with Gasteiger partial charge in [-0.1, -0.05) is 196 Å². The van der Waals surface area contributed by atoms with Gasteiger partial charge in [0, 0.05) is 0 Å². The molecule has 4 unspecified atom stereocenters. The Hall–Kier alpha value is 0. The highest BCUT2D eigenvalue weighted by Gasteiger charge is 2.14. The van der Waals surface area contributed by atoms with Crippen molar-refractivity contribution in [1.82, 2.24) is 0 Å². The molecule has 0 heterocycles. The van der Waals surface area contributed by atoms with Crippen LogP contribution in [0.3, 0.4) is 0 Å². The Kier molecular flexibility index (Phi) is 26.1. The van der Waals surface area contributed by atoms with Crippen LogP contribution in [0.25, 0.3) is 0 Å². The Bertz CT molecular complexity index is 372. The highest BCUT2D eigenvalue weighted by atomic mass is 14.2. The minimum absolute atomic E-state index is 0.911. The zero-order chi connectivity index (χ0) is 25.3. The number of hydrogen-bond donors (Lipinski definition) is 0. The van der Waals surface area contributed by atoms with Crippen molar-refractivity contribution < 1.29 is 0 Å². The quantitative estimate of drug-likeness (QED) is 0.103. The van der Waals surface area contributed by atoms with Crippen LogP contribution in [0.15, 0.2) is 0 Å². The first-order valence-electron chi connectivity index (χ1n) is 16.5. The van der Waals surface area contributed by atoms with Crippen molar-refractivity contribution in [2.45, 2.75) is 196 Å². The molecule has 0 rings (SSSR count).